The Kier molecular flexibility index (Phi) is 12.7. The molecule has 3 N–H and O–H groups in total. The average Bonchev–Trinajstić information content (AvgIpc) is 3.08. The van der Waals surface area contributed by atoms with Gasteiger partial charge in [-0.2, -0.15) is 0 Å². The van der Waals surface area contributed by atoms with Crippen LogP contribution in [0.3, 0.4) is 0 Å². The monoisotopic (exact) mass is 636 g/mol. The van der Waals surface area contributed by atoms with E-state index in [-0.39, 0.29) is 5.91 Å². The number of rotatable bonds is 16. The average molecular weight is 637 g/mol. The van der Waals surface area contributed by atoms with E-state index in [0.717, 1.165) is 99.3 Å². The van der Waals surface area contributed by atoms with Gasteiger partial charge in [0.15, 0.2) is 0 Å². The number of pyridine rings is 1. The number of aryl methyl sites for hydroxylation is 1. The lowest BCUT2D eigenvalue weighted by Gasteiger charge is -2.34. The lowest BCUT2D eigenvalue weighted by atomic mass is 9.91. The zero-order valence-electron chi connectivity index (χ0n) is 29.0. The number of amides is 1. The van der Waals surface area contributed by atoms with Gasteiger partial charge in [-0.05, 0) is 117 Å². The Morgan fingerprint density at radius 2 is 1.83 bits per heavy atom. The highest BCUT2D eigenvalue weighted by Gasteiger charge is 2.20. The minimum Gasteiger partial charge on any atom is -0.372 e. The predicted molar refractivity (Wildman–Crippen MR) is 198 cm³/mol. The highest BCUT2D eigenvalue weighted by molar-refractivity contribution is 5.80. The number of unbranched alkanes of at least 4 members (excludes halogenated alkanes) is 1. The summed E-state index contributed by atoms with van der Waals surface area (Å²) in [5.74, 6) is 1.76. The zero-order valence-corrected chi connectivity index (χ0v) is 29.0. The molecule has 0 radical (unpaired) electrons. The molecule has 0 aliphatic carbocycles. The lowest BCUT2D eigenvalue weighted by molar-refractivity contribution is -0.119. The van der Waals surface area contributed by atoms with Crippen molar-refractivity contribution in [3.05, 3.63) is 89.3 Å². The van der Waals surface area contributed by atoms with E-state index in [0.29, 0.717) is 6.42 Å². The van der Waals surface area contributed by atoms with E-state index in [4.69, 9.17) is 4.98 Å². The molecule has 1 amide bonds. The molecule has 2 aliphatic rings. The van der Waals surface area contributed by atoms with Crippen molar-refractivity contribution in [1.29, 1.82) is 0 Å². The molecule has 1 saturated heterocycles. The standard InChI is InChI=1S/C40H56N6O/c1-5-9-31(4)42-40(47)28-34-11-15-37(27-30(34)3)45(23-6-2)24-8-7-10-32-20-25-46(26-21-32)36-16-13-35(14-17-36)43-39-18-12-33-19-22-41-29-38(33)44-39/h11-18,27,32,41H,4-10,19-26,28-29H2,1-3H3,(H,42,47)(H,43,44). The van der Waals surface area contributed by atoms with E-state index in [2.05, 4.69) is 108 Å². The van der Waals surface area contributed by atoms with Crippen molar-refractivity contribution in [3.8, 4) is 0 Å². The summed E-state index contributed by atoms with van der Waals surface area (Å²) in [5, 5.41) is 9.85. The van der Waals surface area contributed by atoms with Gasteiger partial charge in [-0.15, -0.1) is 0 Å². The fraction of sp³-hybridized carbons (Fsp3) is 0.500. The first-order valence-corrected chi connectivity index (χ1v) is 18.1. The van der Waals surface area contributed by atoms with Gasteiger partial charge in [0.05, 0.1) is 12.1 Å². The van der Waals surface area contributed by atoms with Crippen LogP contribution in [0, 0.1) is 12.8 Å². The van der Waals surface area contributed by atoms with Crippen LogP contribution in [0.25, 0.3) is 0 Å². The number of benzene rings is 2. The van der Waals surface area contributed by atoms with E-state index >= 15 is 0 Å². The second kappa shape index (κ2) is 17.4. The number of carbonyl (C=O) groups excluding carboxylic acids is 1. The molecule has 2 aromatic carbocycles. The van der Waals surface area contributed by atoms with Crippen molar-refractivity contribution < 1.29 is 4.79 Å². The Labute approximate surface area is 283 Å². The molecule has 1 aromatic heterocycles. The molecule has 3 aromatic rings. The van der Waals surface area contributed by atoms with Crippen LogP contribution < -0.4 is 25.8 Å². The van der Waals surface area contributed by atoms with Crippen LogP contribution in [0.5, 0.6) is 0 Å². The second-order valence-corrected chi connectivity index (χ2v) is 13.5. The molecule has 5 rings (SSSR count). The van der Waals surface area contributed by atoms with Crippen molar-refractivity contribution in [2.24, 2.45) is 5.92 Å². The molecule has 0 saturated carbocycles. The summed E-state index contributed by atoms with van der Waals surface area (Å²) in [6, 6.07) is 19.8. The molecule has 0 spiro atoms. The minimum absolute atomic E-state index is 0.0260. The summed E-state index contributed by atoms with van der Waals surface area (Å²) in [6.45, 7) is 16.7. The maximum atomic E-state index is 12.5. The van der Waals surface area contributed by atoms with E-state index in [1.165, 1.54) is 54.6 Å². The van der Waals surface area contributed by atoms with Crippen LogP contribution >= 0.6 is 0 Å². The normalized spacial score (nSPS) is 14.8. The molecular formula is C40H56N6O. The van der Waals surface area contributed by atoms with Gasteiger partial charge in [0.25, 0.3) is 0 Å². The molecule has 7 nitrogen and oxygen atoms in total. The number of nitrogens with one attached hydrogen (secondary N) is 3. The Bertz CT molecular complexity index is 1460. The number of hydrogen-bond donors (Lipinski definition) is 3. The smallest absolute Gasteiger partial charge is 0.228 e. The van der Waals surface area contributed by atoms with Crippen LogP contribution in [-0.4, -0.2) is 43.6 Å². The Morgan fingerprint density at radius 1 is 1.02 bits per heavy atom. The zero-order chi connectivity index (χ0) is 33.0. The van der Waals surface area contributed by atoms with Crippen LogP contribution in [0.4, 0.5) is 22.9 Å². The van der Waals surface area contributed by atoms with Crippen LogP contribution in [0.15, 0.2) is 66.9 Å². The van der Waals surface area contributed by atoms with Crippen molar-refractivity contribution in [1.82, 2.24) is 15.6 Å². The van der Waals surface area contributed by atoms with Crippen molar-refractivity contribution >= 4 is 28.8 Å². The van der Waals surface area contributed by atoms with Crippen molar-refractivity contribution in [2.75, 3.05) is 47.8 Å². The van der Waals surface area contributed by atoms with E-state index < -0.39 is 0 Å². The Balaban J connectivity index is 1.03. The highest BCUT2D eigenvalue weighted by Crippen LogP contribution is 2.29. The Hall–Kier alpha value is -3.84. The van der Waals surface area contributed by atoms with Gasteiger partial charge in [-0.25, -0.2) is 4.98 Å². The van der Waals surface area contributed by atoms with E-state index in [1.54, 1.807) is 0 Å². The predicted octanol–water partition coefficient (Wildman–Crippen LogP) is 8.06. The highest BCUT2D eigenvalue weighted by atomic mass is 16.1. The first-order chi connectivity index (χ1) is 22.9. The van der Waals surface area contributed by atoms with Gasteiger partial charge >= 0.3 is 0 Å². The number of nitrogens with zero attached hydrogens (tertiary/aromatic N) is 3. The fourth-order valence-corrected chi connectivity index (χ4v) is 7.02. The third-order valence-electron chi connectivity index (χ3n) is 9.75. The summed E-state index contributed by atoms with van der Waals surface area (Å²) in [7, 11) is 0. The topological polar surface area (TPSA) is 72.5 Å². The summed E-state index contributed by atoms with van der Waals surface area (Å²) >= 11 is 0. The van der Waals surface area contributed by atoms with E-state index in [1.807, 2.05) is 0 Å². The van der Waals surface area contributed by atoms with Gasteiger partial charge in [0.2, 0.25) is 5.91 Å². The third-order valence-corrected chi connectivity index (χ3v) is 9.75. The summed E-state index contributed by atoms with van der Waals surface area (Å²) in [6.07, 6.45) is 10.7. The summed E-state index contributed by atoms with van der Waals surface area (Å²) in [5.41, 5.74) is 9.27. The Morgan fingerprint density at radius 3 is 2.57 bits per heavy atom. The number of allylic oxidation sites excluding steroid dienone is 1. The first-order valence-electron chi connectivity index (χ1n) is 18.1. The number of carbonyl (C=O) groups is 1. The number of anilines is 4. The van der Waals surface area contributed by atoms with Gasteiger partial charge in [0.1, 0.15) is 5.82 Å². The fourth-order valence-electron chi connectivity index (χ4n) is 7.02. The molecule has 3 heterocycles. The van der Waals surface area contributed by atoms with Crippen LogP contribution in [-0.2, 0) is 24.2 Å². The van der Waals surface area contributed by atoms with Crippen molar-refractivity contribution in [2.45, 2.75) is 91.5 Å². The second-order valence-electron chi connectivity index (χ2n) is 13.5. The molecular weight excluding hydrogens is 580 g/mol. The van der Waals surface area contributed by atoms with Gasteiger partial charge in [-0.1, -0.05) is 51.8 Å². The van der Waals surface area contributed by atoms with Crippen LogP contribution in [0.1, 0.15) is 87.6 Å². The number of fused-ring (bicyclic) bond motifs is 1. The largest absolute Gasteiger partial charge is 0.372 e. The first kappa shape index (κ1) is 34.5. The number of hydrogen-bond acceptors (Lipinski definition) is 6. The quantitative estimate of drug-likeness (QED) is 0.138. The lowest BCUT2D eigenvalue weighted by Crippen LogP contribution is -2.33. The maximum absolute atomic E-state index is 12.5. The van der Waals surface area contributed by atoms with Crippen molar-refractivity contribution in [3.63, 3.8) is 0 Å². The summed E-state index contributed by atoms with van der Waals surface area (Å²) in [4.78, 5) is 22.4. The molecule has 7 heteroatoms. The SMILES string of the molecule is C=C(CCC)NC(=O)Cc1ccc(N(CCC)CCCCC2CCN(c3ccc(Nc4ccc5c(n4)CNCC5)cc3)CC2)cc1C. The number of aromatic nitrogens is 1. The molecule has 47 heavy (non-hydrogen) atoms. The van der Waals surface area contributed by atoms with Gasteiger partial charge in [0, 0.05) is 55.5 Å². The molecule has 0 bridgehead atoms. The van der Waals surface area contributed by atoms with E-state index in [9.17, 15) is 4.79 Å². The minimum atomic E-state index is 0.0260. The van der Waals surface area contributed by atoms with Crippen LogP contribution in [0.2, 0.25) is 0 Å². The maximum Gasteiger partial charge on any atom is 0.228 e. The number of piperidine rings is 1. The molecule has 252 valence electrons. The third kappa shape index (κ3) is 10.1. The molecule has 0 atom stereocenters. The van der Waals surface area contributed by atoms with Gasteiger partial charge in [-0.3, -0.25) is 4.79 Å². The van der Waals surface area contributed by atoms with Gasteiger partial charge < -0.3 is 25.8 Å². The molecule has 2 aliphatic heterocycles. The molecule has 0 unspecified atom stereocenters. The summed E-state index contributed by atoms with van der Waals surface area (Å²) < 4.78 is 0. The molecule has 1 fully saturated rings.